The number of hydrogen-bond donors (Lipinski definition) is 2. The highest BCUT2D eigenvalue weighted by molar-refractivity contribution is 5.97. The highest BCUT2D eigenvalue weighted by Gasteiger charge is 2.41. The molecule has 8 heteroatoms. The number of primary amides is 1. The van der Waals surface area contributed by atoms with Crippen molar-refractivity contribution in [1.82, 2.24) is 5.32 Å². The van der Waals surface area contributed by atoms with Gasteiger partial charge < -0.3 is 20.5 Å². The van der Waals surface area contributed by atoms with E-state index in [0.717, 1.165) is 14.2 Å². The number of esters is 2. The van der Waals surface area contributed by atoms with Crippen LogP contribution < -0.4 is 11.1 Å². The first-order valence-corrected chi connectivity index (χ1v) is 6.42. The number of carbonyl (C=O) groups excluding carboxylic acids is 4. The Morgan fingerprint density at radius 1 is 0.952 bits per heavy atom. The smallest absolute Gasteiger partial charge is 0.320 e. The summed E-state index contributed by atoms with van der Waals surface area (Å²) in [5.41, 5.74) is 5.25. The molecule has 0 aromatic heterocycles. The van der Waals surface area contributed by atoms with Crippen LogP contribution >= 0.6 is 0 Å². The molecule has 0 heterocycles. The molecule has 0 fully saturated rings. The average molecular weight is 302 g/mol. The van der Waals surface area contributed by atoms with E-state index in [2.05, 4.69) is 14.8 Å². The van der Waals surface area contributed by atoms with Crippen LogP contribution in [0.15, 0.2) is 0 Å². The Balaban J connectivity index is 5.36. The molecule has 0 bridgehead atoms. The summed E-state index contributed by atoms with van der Waals surface area (Å²) in [6, 6.07) is -1.19. The summed E-state index contributed by atoms with van der Waals surface area (Å²) in [4.78, 5) is 46.7. The van der Waals surface area contributed by atoms with Gasteiger partial charge in [-0.05, 0) is 0 Å². The third kappa shape index (κ3) is 5.05. The van der Waals surface area contributed by atoms with E-state index >= 15 is 0 Å². The van der Waals surface area contributed by atoms with Crippen LogP contribution in [0.2, 0.25) is 0 Å². The molecule has 0 aliphatic heterocycles. The lowest BCUT2D eigenvalue weighted by Gasteiger charge is -2.27. The zero-order valence-electron chi connectivity index (χ0n) is 12.8. The fourth-order valence-corrected chi connectivity index (χ4v) is 1.75. The lowest BCUT2D eigenvalue weighted by atomic mass is 9.86. The first-order chi connectivity index (χ1) is 9.67. The van der Waals surface area contributed by atoms with Crippen molar-refractivity contribution in [2.75, 3.05) is 14.2 Å². The first kappa shape index (κ1) is 18.9. The fourth-order valence-electron chi connectivity index (χ4n) is 1.75. The Morgan fingerprint density at radius 3 is 1.67 bits per heavy atom. The standard InChI is InChI=1S/C13H22N2O6/c1-6(2)11(17)15-9(10(14)16)7(3)8(12(18)20-4)13(19)21-5/h6-9H,1-5H3,(H2,14,16)(H,15,17)/t7-,9+/m0/s1. The third-order valence-electron chi connectivity index (χ3n) is 3.09. The van der Waals surface area contributed by atoms with E-state index in [1.807, 2.05) is 0 Å². The molecule has 0 aromatic carbocycles. The van der Waals surface area contributed by atoms with Crippen LogP contribution in [0, 0.1) is 17.8 Å². The maximum atomic E-state index is 11.7. The van der Waals surface area contributed by atoms with Crippen molar-refractivity contribution in [3.63, 3.8) is 0 Å². The van der Waals surface area contributed by atoms with Crippen molar-refractivity contribution in [2.45, 2.75) is 26.8 Å². The molecule has 0 aliphatic carbocycles. The fraction of sp³-hybridized carbons (Fsp3) is 0.692. The van der Waals surface area contributed by atoms with Crippen LogP contribution in [0.25, 0.3) is 0 Å². The summed E-state index contributed by atoms with van der Waals surface area (Å²) in [7, 11) is 2.22. The van der Waals surface area contributed by atoms with Crippen molar-refractivity contribution in [3.05, 3.63) is 0 Å². The van der Waals surface area contributed by atoms with Gasteiger partial charge in [0.25, 0.3) is 0 Å². The van der Waals surface area contributed by atoms with Crippen molar-refractivity contribution in [1.29, 1.82) is 0 Å². The second kappa shape index (κ2) is 8.23. The van der Waals surface area contributed by atoms with Gasteiger partial charge in [-0.3, -0.25) is 19.2 Å². The van der Waals surface area contributed by atoms with Crippen molar-refractivity contribution in [3.8, 4) is 0 Å². The van der Waals surface area contributed by atoms with E-state index < -0.39 is 41.6 Å². The predicted molar refractivity (Wildman–Crippen MR) is 72.6 cm³/mol. The van der Waals surface area contributed by atoms with Crippen LogP contribution in [-0.4, -0.2) is 44.0 Å². The maximum Gasteiger partial charge on any atom is 0.320 e. The summed E-state index contributed by atoms with van der Waals surface area (Å²) in [6.45, 7) is 4.71. The number of nitrogens with two attached hydrogens (primary N) is 1. The largest absolute Gasteiger partial charge is 0.468 e. The number of nitrogens with one attached hydrogen (secondary N) is 1. The Bertz CT molecular complexity index is 405. The number of methoxy groups -OCH3 is 2. The minimum Gasteiger partial charge on any atom is -0.468 e. The molecule has 21 heavy (non-hydrogen) atoms. The highest BCUT2D eigenvalue weighted by Crippen LogP contribution is 2.19. The van der Waals surface area contributed by atoms with Crippen LogP contribution in [0.3, 0.4) is 0 Å². The number of amides is 2. The van der Waals surface area contributed by atoms with Gasteiger partial charge in [-0.15, -0.1) is 0 Å². The molecule has 0 rings (SSSR count). The van der Waals surface area contributed by atoms with E-state index in [0.29, 0.717) is 0 Å². The van der Waals surface area contributed by atoms with Crippen LogP contribution in [0.4, 0.5) is 0 Å². The van der Waals surface area contributed by atoms with Crippen molar-refractivity contribution < 1.29 is 28.7 Å². The summed E-state index contributed by atoms with van der Waals surface area (Å²) in [6.07, 6.45) is 0. The quantitative estimate of drug-likeness (QED) is 0.469. The van der Waals surface area contributed by atoms with Gasteiger partial charge in [-0.2, -0.15) is 0 Å². The molecule has 0 unspecified atom stereocenters. The zero-order valence-corrected chi connectivity index (χ0v) is 12.8. The lowest BCUT2D eigenvalue weighted by Crippen LogP contribution is -2.53. The van der Waals surface area contributed by atoms with Crippen LogP contribution in [0.1, 0.15) is 20.8 Å². The van der Waals surface area contributed by atoms with Gasteiger partial charge in [0, 0.05) is 11.8 Å². The summed E-state index contributed by atoms with van der Waals surface area (Å²) >= 11 is 0. The number of ether oxygens (including phenoxy) is 2. The molecule has 0 aliphatic rings. The van der Waals surface area contributed by atoms with E-state index in [1.54, 1.807) is 13.8 Å². The molecule has 0 aromatic rings. The molecule has 0 radical (unpaired) electrons. The Labute approximate surface area is 123 Å². The second-order valence-corrected chi connectivity index (χ2v) is 4.93. The predicted octanol–water partition coefficient (Wildman–Crippen LogP) is -0.789. The average Bonchev–Trinajstić information content (AvgIpc) is 2.43. The van der Waals surface area contributed by atoms with E-state index in [4.69, 9.17) is 5.73 Å². The molecule has 0 saturated carbocycles. The second-order valence-electron chi connectivity index (χ2n) is 4.93. The summed E-state index contributed by atoms with van der Waals surface area (Å²) in [5.74, 6) is -5.64. The topological polar surface area (TPSA) is 125 Å². The molecule has 3 N–H and O–H groups in total. The molecule has 0 spiro atoms. The summed E-state index contributed by atoms with van der Waals surface area (Å²) in [5, 5.41) is 2.43. The molecular formula is C13H22N2O6. The first-order valence-electron chi connectivity index (χ1n) is 6.42. The van der Waals surface area contributed by atoms with Crippen LogP contribution in [0.5, 0.6) is 0 Å². The minimum absolute atomic E-state index is 0.381. The van der Waals surface area contributed by atoms with E-state index in [9.17, 15) is 19.2 Å². The Hall–Kier alpha value is -2.12. The molecule has 8 nitrogen and oxygen atoms in total. The Morgan fingerprint density at radius 2 is 1.38 bits per heavy atom. The van der Waals surface area contributed by atoms with Gasteiger partial charge in [0.2, 0.25) is 11.8 Å². The summed E-state index contributed by atoms with van der Waals surface area (Å²) < 4.78 is 9.07. The zero-order chi connectivity index (χ0) is 16.7. The van der Waals surface area contributed by atoms with Crippen molar-refractivity contribution in [2.24, 2.45) is 23.5 Å². The number of hydrogen-bond acceptors (Lipinski definition) is 6. The monoisotopic (exact) mass is 302 g/mol. The maximum absolute atomic E-state index is 11.7. The normalized spacial score (nSPS) is 13.5. The van der Waals surface area contributed by atoms with Gasteiger partial charge >= 0.3 is 11.9 Å². The molecule has 2 amide bonds. The number of rotatable bonds is 7. The van der Waals surface area contributed by atoms with E-state index in [-0.39, 0.29) is 5.92 Å². The highest BCUT2D eigenvalue weighted by atomic mass is 16.5. The Kier molecular flexibility index (Phi) is 7.40. The van der Waals surface area contributed by atoms with Gasteiger partial charge in [-0.1, -0.05) is 20.8 Å². The van der Waals surface area contributed by atoms with Gasteiger partial charge in [-0.25, -0.2) is 0 Å². The molecule has 120 valence electrons. The van der Waals surface area contributed by atoms with Gasteiger partial charge in [0.1, 0.15) is 6.04 Å². The van der Waals surface area contributed by atoms with Gasteiger partial charge in [0.05, 0.1) is 14.2 Å². The molecule has 2 atom stereocenters. The SMILES string of the molecule is COC(=O)C(C(=O)OC)[C@H](C)[C@@H](NC(=O)C(C)C)C(N)=O. The number of carbonyl (C=O) groups is 4. The lowest BCUT2D eigenvalue weighted by molar-refractivity contribution is -0.162. The third-order valence-corrected chi connectivity index (χ3v) is 3.09. The van der Waals surface area contributed by atoms with Gasteiger partial charge in [0.15, 0.2) is 5.92 Å². The molecule has 0 saturated heterocycles. The van der Waals surface area contributed by atoms with Crippen molar-refractivity contribution >= 4 is 23.8 Å². The molecular weight excluding hydrogens is 280 g/mol. The van der Waals surface area contributed by atoms with Crippen LogP contribution in [-0.2, 0) is 28.7 Å². The van der Waals surface area contributed by atoms with E-state index in [1.165, 1.54) is 6.92 Å². The minimum atomic E-state index is -1.36.